The molecule has 2 rings (SSSR count). The number of rotatable bonds is 4. The fourth-order valence-electron chi connectivity index (χ4n) is 1.57. The second-order valence-corrected chi connectivity index (χ2v) is 6.21. The molecule has 1 N–H and O–H groups in total. The predicted octanol–water partition coefficient (Wildman–Crippen LogP) is 4.20. The van der Waals surface area contributed by atoms with Crippen LogP contribution in [0.4, 0.5) is 5.69 Å². The van der Waals surface area contributed by atoms with Crippen molar-refractivity contribution < 1.29 is 0 Å². The molecule has 0 atom stereocenters. The van der Waals surface area contributed by atoms with Crippen molar-refractivity contribution in [1.82, 2.24) is 14.8 Å². The summed E-state index contributed by atoms with van der Waals surface area (Å²) in [5.74, 6) is 0.916. The molecule has 0 aliphatic carbocycles. The summed E-state index contributed by atoms with van der Waals surface area (Å²) < 4.78 is 4.87. The van der Waals surface area contributed by atoms with Crippen LogP contribution < -0.4 is 5.32 Å². The molecular weight excluding hydrogens is 428 g/mol. The lowest BCUT2D eigenvalue weighted by atomic mass is 10.3. The first kappa shape index (κ1) is 14.0. The van der Waals surface area contributed by atoms with Crippen LogP contribution in [0.3, 0.4) is 0 Å². The number of hydrogen-bond acceptors (Lipinski definition) is 3. The molecular formula is C11H11Br3N4. The van der Waals surface area contributed by atoms with Crippen molar-refractivity contribution in [3.63, 3.8) is 0 Å². The van der Waals surface area contributed by atoms with Gasteiger partial charge in [-0.15, -0.1) is 0 Å². The van der Waals surface area contributed by atoms with Gasteiger partial charge < -0.3 is 5.32 Å². The molecule has 0 unspecified atom stereocenters. The van der Waals surface area contributed by atoms with Crippen molar-refractivity contribution in [3.8, 4) is 0 Å². The average molecular weight is 439 g/mol. The first-order valence-corrected chi connectivity index (χ1v) is 7.74. The SMILES string of the molecule is CCn1ncnc1CNc1c(Br)cc(Br)cc1Br. The standard InChI is InChI=1S/C11H11Br3N4/c1-2-18-10(16-6-17-18)5-15-11-8(13)3-7(12)4-9(11)14/h3-4,6,15H,2,5H2,1H3. The van der Waals surface area contributed by atoms with E-state index in [1.807, 2.05) is 23.7 Å². The molecule has 0 spiro atoms. The Morgan fingerprint density at radius 1 is 1.22 bits per heavy atom. The summed E-state index contributed by atoms with van der Waals surface area (Å²) >= 11 is 10.5. The summed E-state index contributed by atoms with van der Waals surface area (Å²) in [4.78, 5) is 4.23. The highest BCUT2D eigenvalue weighted by molar-refractivity contribution is 9.11. The van der Waals surface area contributed by atoms with Gasteiger partial charge in [-0.05, 0) is 50.9 Å². The first-order valence-electron chi connectivity index (χ1n) is 5.37. The summed E-state index contributed by atoms with van der Waals surface area (Å²) in [5.41, 5.74) is 1.00. The van der Waals surface area contributed by atoms with Crippen LogP contribution in [0.1, 0.15) is 12.7 Å². The van der Waals surface area contributed by atoms with E-state index in [-0.39, 0.29) is 0 Å². The lowest BCUT2D eigenvalue weighted by Crippen LogP contribution is -2.09. The van der Waals surface area contributed by atoms with E-state index in [1.54, 1.807) is 6.33 Å². The molecule has 0 amide bonds. The molecule has 1 heterocycles. The van der Waals surface area contributed by atoms with Crippen molar-refractivity contribution >= 4 is 53.5 Å². The number of hydrogen-bond donors (Lipinski definition) is 1. The molecule has 0 saturated carbocycles. The number of nitrogens with zero attached hydrogens (tertiary/aromatic N) is 3. The molecule has 0 aliphatic heterocycles. The maximum Gasteiger partial charge on any atom is 0.146 e. The molecule has 1 aromatic heterocycles. The van der Waals surface area contributed by atoms with Gasteiger partial charge in [0.05, 0.1) is 12.2 Å². The summed E-state index contributed by atoms with van der Waals surface area (Å²) in [5, 5.41) is 7.49. The minimum absolute atomic E-state index is 0.632. The molecule has 0 radical (unpaired) electrons. The fourth-order valence-corrected chi connectivity index (χ4v) is 4.11. The summed E-state index contributed by atoms with van der Waals surface area (Å²) in [6.07, 6.45) is 1.58. The van der Waals surface area contributed by atoms with E-state index in [9.17, 15) is 0 Å². The Labute approximate surface area is 131 Å². The highest BCUT2D eigenvalue weighted by Gasteiger charge is 2.08. The van der Waals surface area contributed by atoms with Crippen LogP contribution in [0.2, 0.25) is 0 Å². The number of halogens is 3. The van der Waals surface area contributed by atoms with E-state index in [2.05, 4.69) is 63.2 Å². The monoisotopic (exact) mass is 436 g/mol. The van der Waals surface area contributed by atoms with Crippen molar-refractivity contribution in [2.45, 2.75) is 20.0 Å². The third-order valence-electron chi connectivity index (χ3n) is 2.43. The van der Waals surface area contributed by atoms with Crippen LogP contribution in [0.25, 0.3) is 0 Å². The minimum atomic E-state index is 0.632. The normalized spacial score (nSPS) is 10.7. The van der Waals surface area contributed by atoms with Crippen LogP contribution in [0.15, 0.2) is 31.9 Å². The minimum Gasteiger partial charge on any atom is -0.376 e. The van der Waals surface area contributed by atoms with Gasteiger partial charge in [-0.1, -0.05) is 15.9 Å². The number of aromatic nitrogens is 3. The Morgan fingerprint density at radius 2 is 1.89 bits per heavy atom. The Bertz CT molecular complexity index is 530. The van der Waals surface area contributed by atoms with Gasteiger partial charge in [0.15, 0.2) is 0 Å². The number of aryl methyl sites for hydroxylation is 1. The molecule has 7 heteroatoms. The van der Waals surface area contributed by atoms with Gasteiger partial charge in [0.1, 0.15) is 12.2 Å². The zero-order valence-corrected chi connectivity index (χ0v) is 14.4. The van der Waals surface area contributed by atoms with Crippen molar-refractivity contribution in [2.24, 2.45) is 0 Å². The van der Waals surface area contributed by atoms with Gasteiger partial charge in [-0.2, -0.15) is 5.10 Å². The number of benzene rings is 1. The van der Waals surface area contributed by atoms with Crippen LogP contribution in [0, 0.1) is 0 Å². The molecule has 0 aliphatic rings. The molecule has 4 nitrogen and oxygen atoms in total. The Kier molecular flexibility index (Phi) is 4.80. The predicted molar refractivity (Wildman–Crippen MR) is 82.6 cm³/mol. The average Bonchev–Trinajstić information content (AvgIpc) is 2.75. The first-order chi connectivity index (χ1) is 8.61. The van der Waals surface area contributed by atoms with E-state index in [1.165, 1.54) is 0 Å². The maximum absolute atomic E-state index is 4.23. The van der Waals surface area contributed by atoms with Crippen molar-refractivity contribution in [1.29, 1.82) is 0 Å². The topological polar surface area (TPSA) is 42.7 Å². The smallest absolute Gasteiger partial charge is 0.146 e. The number of anilines is 1. The van der Waals surface area contributed by atoms with Gasteiger partial charge in [-0.3, -0.25) is 0 Å². The van der Waals surface area contributed by atoms with Crippen LogP contribution in [0.5, 0.6) is 0 Å². The van der Waals surface area contributed by atoms with Gasteiger partial charge in [0.2, 0.25) is 0 Å². The summed E-state index contributed by atoms with van der Waals surface area (Å²) in [7, 11) is 0. The second-order valence-electron chi connectivity index (χ2n) is 3.59. The molecule has 0 saturated heterocycles. The fraction of sp³-hybridized carbons (Fsp3) is 0.273. The van der Waals surface area contributed by atoms with Gasteiger partial charge >= 0.3 is 0 Å². The highest BCUT2D eigenvalue weighted by atomic mass is 79.9. The Balaban J connectivity index is 2.16. The van der Waals surface area contributed by atoms with Gasteiger partial charge in [0.25, 0.3) is 0 Å². The van der Waals surface area contributed by atoms with Crippen LogP contribution >= 0.6 is 47.8 Å². The third kappa shape index (κ3) is 3.13. The zero-order chi connectivity index (χ0) is 13.1. The quantitative estimate of drug-likeness (QED) is 0.778. The van der Waals surface area contributed by atoms with Crippen molar-refractivity contribution in [3.05, 3.63) is 37.7 Å². The molecule has 1 aromatic carbocycles. The molecule has 18 heavy (non-hydrogen) atoms. The molecule has 0 fully saturated rings. The maximum atomic E-state index is 4.23. The van der Waals surface area contributed by atoms with Gasteiger partial charge in [0, 0.05) is 20.0 Å². The zero-order valence-electron chi connectivity index (χ0n) is 9.62. The second kappa shape index (κ2) is 6.16. The highest BCUT2D eigenvalue weighted by Crippen LogP contribution is 2.34. The van der Waals surface area contributed by atoms with Gasteiger partial charge in [-0.25, -0.2) is 9.67 Å². The largest absolute Gasteiger partial charge is 0.376 e. The van der Waals surface area contributed by atoms with Crippen LogP contribution in [-0.4, -0.2) is 14.8 Å². The lowest BCUT2D eigenvalue weighted by molar-refractivity contribution is 0.622. The Hall–Kier alpha value is -0.400. The van der Waals surface area contributed by atoms with E-state index in [0.29, 0.717) is 6.54 Å². The van der Waals surface area contributed by atoms with E-state index in [4.69, 9.17) is 0 Å². The molecule has 2 aromatic rings. The van der Waals surface area contributed by atoms with Crippen molar-refractivity contribution in [2.75, 3.05) is 5.32 Å². The van der Waals surface area contributed by atoms with Crippen LogP contribution in [-0.2, 0) is 13.1 Å². The molecule has 0 bridgehead atoms. The lowest BCUT2D eigenvalue weighted by Gasteiger charge is -2.11. The Morgan fingerprint density at radius 3 is 2.50 bits per heavy atom. The third-order valence-corrected chi connectivity index (χ3v) is 4.13. The summed E-state index contributed by atoms with van der Waals surface area (Å²) in [6, 6.07) is 4.00. The molecule has 96 valence electrons. The van der Waals surface area contributed by atoms with E-state index in [0.717, 1.165) is 31.5 Å². The van der Waals surface area contributed by atoms with E-state index < -0.39 is 0 Å². The number of nitrogens with one attached hydrogen (secondary N) is 1. The summed E-state index contributed by atoms with van der Waals surface area (Å²) in [6.45, 7) is 3.50. The van der Waals surface area contributed by atoms with E-state index >= 15 is 0 Å².